The van der Waals surface area contributed by atoms with Crippen LogP contribution in [0, 0.1) is 0 Å². The first-order valence-electron chi connectivity index (χ1n) is 7.11. The average Bonchev–Trinajstić information content (AvgIpc) is 2.33. The molecular weight excluding hydrogens is 212 g/mol. The Morgan fingerprint density at radius 1 is 1.00 bits per heavy atom. The molecule has 0 unspecified atom stereocenters. The van der Waals surface area contributed by atoms with Gasteiger partial charge in [0.05, 0.1) is 6.61 Å². The number of carbonyl (C=O) groups excluding carboxylic acids is 1. The quantitative estimate of drug-likeness (QED) is 0.299. The minimum Gasteiger partial charge on any atom is -0.465 e. The summed E-state index contributed by atoms with van der Waals surface area (Å²) in [6.45, 7) is 4.84. The van der Waals surface area contributed by atoms with Gasteiger partial charge in [-0.15, -0.1) is 0 Å². The summed E-state index contributed by atoms with van der Waals surface area (Å²) < 4.78 is 5.13. The summed E-state index contributed by atoms with van der Waals surface area (Å²) in [5.74, 6) is -0.0367. The van der Waals surface area contributed by atoms with E-state index in [1.807, 2.05) is 0 Å². The fourth-order valence-electron chi connectivity index (χ4n) is 1.65. The first-order chi connectivity index (χ1) is 8.31. The van der Waals surface area contributed by atoms with Gasteiger partial charge in [-0.1, -0.05) is 58.1 Å². The summed E-state index contributed by atoms with van der Waals surface area (Å²) >= 11 is 0. The van der Waals surface area contributed by atoms with Crippen molar-refractivity contribution in [2.45, 2.75) is 71.6 Å². The van der Waals surface area contributed by atoms with E-state index < -0.39 is 0 Å². The lowest BCUT2D eigenvalue weighted by molar-refractivity contribution is -0.143. The molecule has 0 aromatic carbocycles. The lowest BCUT2D eigenvalue weighted by Crippen LogP contribution is -2.04. The Balaban J connectivity index is 3.20. The molecule has 17 heavy (non-hydrogen) atoms. The van der Waals surface area contributed by atoms with Gasteiger partial charge in [-0.3, -0.25) is 4.79 Å². The van der Waals surface area contributed by atoms with E-state index in [9.17, 15) is 4.79 Å². The van der Waals surface area contributed by atoms with Crippen LogP contribution in [0.25, 0.3) is 0 Å². The van der Waals surface area contributed by atoms with Gasteiger partial charge in [0.15, 0.2) is 0 Å². The highest BCUT2D eigenvalue weighted by molar-refractivity contribution is 5.69. The van der Waals surface area contributed by atoms with Crippen molar-refractivity contribution in [3.05, 3.63) is 12.2 Å². The molecule has 0 atom stereocenters. The van der Waals surface area contributed by atoms with Gasteiger partial charge in [0.25, 0.3) is 0 Å². The predicted octanol–water partition coefficient (Wildman–Crippen LogP) is 4.64. The third-order valence-corrected chi connectivity index (χ3v) is 2.68. The first-order valence-corrected chi connectivity index (χ1v) is 7.11. The number of carbonyl (C=O) groups is 1. The van der Waals surface area contributed by atoms with Crippen LogP contribution < -0.4 is 0 Å². The maximum atomic E-state index is 11.3. The highest BCUT2D eigenvalue weighted by Crippen LogP contribution is 2.07. The van der Waals surface area contributed by atoms with E-state index in [0.717, 1.165) is 25.7 Å². The Kier molecular flexibility index (Phi) is 12.7. The Bertz CT molecular complexity index is 197. The second kappa shape index (κ2) is 13.3. The zero-order chi connectivity index (χ0) is 12.8. The Labute approximate surface area is 106 Å². The van der Waals surface area contributed by atoms with Crippen LogP contribution in [0.5, 0.6) is 0 Å². The van der Waals surface area contributed by atoms with Crippen LogP contribution in [0.4, 0.5) is 0 Å². The highest BCUT2D eigenvalue weighted by atomic mass is 16.5. The molecule has 0 aliphatic carbocycles. The summed E-state index contributed by atoms with van der Waals surface area (Å²) in [5, 5.41) is 0. The number of unbranched alkanes of at least 4 members (excludes halogenated alkanes) is 5. The molecule has 0 saturated heterocycles. The average molecular weight is 240 g/mol. The van der Waals surface area contributed by atoms with Gasteiger partial charge in [0.2, 0.25) is 0 Å². The number of hydrogen-bond acceptors (Lipinski definition) is 2. The van der Waals surface area contributed by atoms with E-state index in [1.54, 1.807) is 0 Å². The normalized spacial score (nSPS) is 10.9. The SMILES string of the molecule is CC/C=C/CCOC(=O)CCCCCCCC. The van der Waals surface area contributed by atoms with Gasteiger partial charge in [0.1, 0.15) is 0 Å². The third-order valence-electron chi connectivity index (χ3n) is 2.68. The van der Waals surface area contributed by atoms with Crippen molar-refractivity contribution in [2.24, 2.45) is 0 Å². The van der Waals surface area contributed by atoms with Crippen LogP contribution in [0.3, 0.4) is 0 Å². The molecule has 0 aromatic heterocycles. The first kappa shape index (κ1) is 16.2. The molecule has 0 rings (SSSR count). The van der Waals surface area contributed by atoms with E-state index >= 15 is 0 Å². The monoisotopic (exact) mass is 240 g/mol. The molecule has 0 aliphatic heterocycles. The molecule has 0 aliphatic rings. The second-order valence-corrected chi connectivity index (χ2v) is 4.41. The molecule has 0 bridgehead atoms. The number of rotatable bonds is 11. The van der Waals surface area contributed by atoms with Crippen molar-refractivity contribution < 1.29 is 9.53 Å². The molecule has 0 aromatic rings. The van der Waals surface area contributed by atoms with Crippen LogP contribution in [-0.4, -0.2) is 12.6 Å². The van der Waals surface area contributed by atoms with Gasteiger partial charge in [-0.05, 0) is 19.3 Å². The van der Waals surface area contributed by atoms with E-state index in [4.69, 9.17) is 4.74 Å². The molecular formula is C15H28O2. The third kappa shape index (κ3) is 13.1. The summed E-state index contributed by atoms with van der Waals surface area (Å²) in [6.07, 6.45) is 13.9. The molecule has 0 N–H and O–H groups in total. The number of esters is 1. The van der Waals surface area contributed by atoms with Crippen LogP contribution in [0.1, 0.15) is 71.6 Å². The van der Waals surface area contributed by atoms with Crippen LogP contribution >= 0.6 is 0 Å². The second-order valence-electron chi connectivity index (χ2n) is 4.41. The van der Waals surface area contributed by atoms with Crippen molar-refractivity contribution in [3.63, 3.8) is 0 Å². The van der Waals surface area contributed by atoms with E-state index in [2.05, 4.69) is 26.0 Å². The van der Waals surface area contributed by atoms with Crippen LogP contribution in [-0.2, 0) is 9.53 Å². The molecule has 0 saturated carbocycles. The molecule has 2 nitrogen and oxygen atoms in total. The Hall–Kier alpha value is -0.790. The zero-order valence-corrected chi connectivity index (χ0v) is 11.5. The van der Waals surface area contributed by atoms with E-state index in [1.165, 1.54) is 25.7 Å². The van der Waals surface area contributed by atoms with Gasteiger partial charge >= 0.3 is 5.97 Å². The summed E-state index contributed by atoms with van der Waals surface area (Å²) in [6, 6.07) is 0. The smallest absolute Gasteiger partial charge is 0.305 e. The highest BCUT2D eigenvalue weighted by Gasteiger charge is 2.01. The van der Waals surface area contributed by atoms with Crippen molar-refractivity contribution in [2.75, 3.05) is 6.61 Å². The van der Waals surface area contributed by atoms with Gasteiger partial charge in [-0.25, -0.2) is 0 Å². The maximum Gasteiger partial charge on any atom is 0.305 e. The van der Waals surface area contributed by atoms with Gasteiger partial charge in [-0.2, -0.15) is 0 Å². The Morgan fingerprint density at radius 3 is 2.41 bits per heavy atom. The van der Waals surface area contributed by atoms with E-state index in [-0.39, 0.29) is 5.97 Å². The zero-order valence-electron chi connectivity index (χ0n) is 11.5. The van der Waals surface area contributed by atoms with Gasteiger partial charge < -0.3 is 4.74 Å². The van der Waals surface area contributed by atoms with Crippen LogP contribution in [0.15, 0.2) is 12.2 Å². The Morgan fingerprint density at radius 2 is 1.71 bits per heavy atom. The molecule has 100 valence electrons. The van der Waals surface area contributed by atoms with E-state index in [0.29, 0.717) is 13.0 Å². The summed E-state index contributed by atoms with van der Waals surface area (Å²) in [7, 11) is 0. The lowest BCUT2D eigenvalue weighted by Gasteiger charge is -2.03. The van der Waals surface area contributed by atoms with Crippen molar-refractivity contribution in [1.29, 1.82) is 0 Å². The maximum absolute atomic E-state index is 11.3. The van der Waals surface area contributed by atoms with Gasteiger partial charge in [0, 0.05) is 6.42 Å². The minimum absolute atomic E-state index is 0.0367. The predicted molar refractivity (Wildman–Crippen MR) is 73.0 cm³/mol. The largest absolute Gasteiger partial charge is 0.465 e. The summed E-state index contributed by atoms with van der Waals surface area (Å²) in [5.41, 5.74) is 0. The summed E-state index contributed by atoms with van der Waals surface area (Å²) in [4.78, 5) is 11.3. The lowest BCUT2D eigenvalue weighted by atomic mass is 10.1. The topological polar surface area (TPSA) is 26.3 Å². The fraction of sp³-hybridized carbons (Fsp3) is 0.800. The van der Waals surface area contributed by atoms with Crippen molar-refractivity contribution >= 4 is 5.97 Å². The minimum atomic E-state index is -0.0367. The number of hydrogen-bond donors (Lipinski definition) is 0. The molecule has 0 heterocycles. The molecule has 0 amide bonds. The molecule has 0 radical (unpaired) electrons. The number of allylic oxidation sites excluding steroid dienone is 1. The number of ether oxygens (including phenoxy) is 1. The van der Waals surface area contributed by atoms with Crippen molar-refractivity contribution in [1.82, 2.24) is 0 Å². The van der Waals surface area contributed by atoms with Crippen molar-refractivity contribution in [3.8, 4) is 0 Å². The molecule has 2 heteroatoms. The van der Waals surface area contributed by atoms with Crippen LogP contribution in [0.2, 0.25) is 0 Å². The molecule has 0 spiro atoms. The fourth-order valence-corrected chi connectivity index (χ4v) is 1.65. The molecule has 0 fully saturated rings. The standard InChI is InChI=1S/C15H28O2/c1-3-5-7-9-10-11-13-15(16)17-14-12-8-6-4-2/h6,8H,3-5,7,9-14H2,1-2H3/b8-6+.